The van der Waals surface area contributed by atoms with E-state index in [1.807, 2.05) is 0 Å². The zero-order chi connectivity index (χ0) is 13.8. The van der Waals surface area contributed by atoms with Gasteiger partial charge < -0.3 is 5.32 Å². The van der Waals surface area contributed by atoms with Gasteiger partial charge in [-0.05, 0) is 24.1 Å². The molecule has 0 amide bonds. The number of hydrogen-bond donors (Lipinski definition) is 2. The molecule has 3 N–H and O–H groups in total. The summed E-state index contributed by atoms with van der Waals surface area (Å²) in [6, 6.07) is 4.41. The van der Waals surface area contributed by atoms with E-state index in [1.165, 1.54) is 18.2 Å². The van der Waals surface area contributed by atoms with Crippen molar-refractivity contribution in [2.24, 2.45) is 11.1 Å². The van der Waals surface area contributed by atoms with E-state index < -0.39 is 10.0 Å². The Kier molecular flexibility index (Phi) is 5.44. The Morgan fingerprint density at radius 3 is 2.44 bits per heavy atom. The van der Waals surface area contributed by atoms with Crippen molar-refractivity contribution < 1.29 is 8.42 Å². The largest absolute Gasteiger partial charge is 0.384 e. The van der Waals surface area contributed by atoms with Crippen LogP contribution in [0.25, 0.3) is 0 Å². The molecule has 1 aromatic rings. The summed E-state index contributed by atoms with van der Waals surface area (Å²) in [7, 11) is -3.69. The molecule has 6 heteroatoms. The highest BCUT2D eigenvalue weighted by atomic mass is 35.5. The summed E-state index contributed by atoms with van der Waals surface area (Å²) in [5.74, 6) is 0.541. The van der Waals surface area contributed by atoms with Gasteiger partial charge in [0.1, 0.15) is 0 Å². The second kappa shape index (κ2) is 6.41. The minimum absolute atomic E-state index is 0.0685. The molecule has 0 atom stereocenters. The maximum Gasteiger partial charge on any atom is 0.238 e. The van der Waals surface area contributed by atoms with Crippen LogP contribution in [-0.2, 0) is 10.0 Å². The average Bonchev–Trinajstić information content (AvgIpc) is 2.31. The first-order valence-corrected chi connectivity index (χ1v) is 7.87. The van der Waals surface area contributed by atoms with E-state index >= 15 is 0 Å². The van der Waals surface area contributed by atoms with Crippen LogP contribution in [0.2, 0.25) is 5.02 Å². The van der Waals surface area contributed by atoms with Gasteiger partial charge in [0.15, 0.2) is 0 Å². The van der Waals surface area contributed by atoms with E-state index in [1.54, 1.807) is 0 Å². The molecule has 0 aliphatic carbocycles. The number of primary sulfonamides is 1. The number of nitrogens with one attached hydrogen (secondary N) is 1. The van der Waals surface area contributed by atoms with Gasteiger partial charge in [0, 0.05) is 6.54 Å². The summed E-state index contributed by atoms with van der Waals surface area (Å²) in [6.45, 7) is 5.01. The number of rotatable bonds is 6. The van der Waals surface area contributed by atoms with Crippen LogP contribution in [0.5, 0.6) is 0 Å². The van der Waals surface area contributed by atoms with Crippen molar-refractivity contribution in [1.29, 1.82) is 0 Å². The first-order valence-electron chi connectivity index (χ1n) is 5.94. The molecular formula is C12H19ClN2O2S. The van der Waals surface area contributed by atoms with Crippen LogP contribution >= 0.6 is 11.6 Å². The Balaban J connectivity index is 2.88. The summed E-state index contributed by atoms with van der Waals surface area (Å²) >= 11 is 6.02. The van der Waals surface area contributed by atoms with E-state index in [4.69, 9.17) is 16.7 Å². The molecule has 4 nitrogen and oxygen atoms in total. The number of hydrogen-bond acceptors (Lipinski definition) is 3. The lowest BCUT2D eigenvalue weighted by atomic mass is 10.0. The van der Waals surface area contributed by atoms with Gasteiger partial charge in [0.05, 0.1) is 15.6 Å². The molecule has 0 fully saturated rings. The summed E-state index contributed by atoms with van der Waals surface area (Å²) < 4.78 is 22.5. The zero-order valence-corrected chi connectivity index (χ0v) is 12.2. The summed E-state index contributed by atoms with van der Waals surface area (Å²) in [5.41, 5.74) is 0.607. The Morgan fingerprint density at radius 1 is 1.33 bits per heavy atom. The molecule has 0 radical (unpaired) electrons. The van der Waals surface area contributed by atoms with Crippen LogP contribution in [0.15, 0.2) is 23.1 Å². The van der Waals surface area contributed by atoms with Gasteiger partial charge in [0.25, 0.3) is 0 Å². The molecule has 0 bridgehead atoms. The molecule has 0 saturated carbocycles. The zero-order valence-electron chi connectivity index (χ0n) is 10.6. The fourth-order valence-electron chi connectivity index (χ4n) is 1.65. The number of benzene rings is 1. The molecule has 1 rings (SSSR count). The molecule has 1 aromatic carbocycles. The smallest absolute Gasteiger partial charge is 0.238 e. The fraction of sp³-hybridized carbons (Fsp3) is 0.500. The Morgan fingerprint density at radius 2 is 1.94 bits per heavy atom. The number of nitrogens with two attached hydrogens (primary N) is 1. The lowest BCUT2D eigenvalue weighted by molar-refractivity contribution is 0.519. The van der Waals surface area contributed by atoms with Crippen molar-refractivity contribution in [1.82, 2.24) is 0 Å². The van der Waals surface area contributed by atoms with Crippen molar-refractivity contribution in [3.63, 3.8) is 0 Å². The van der Waals surface area contributed by atoms with Gasteiger partial charge in [0.2, 0.25) is 10.0 Å². The molecular weight excluding hydrogens is 272 g/mol. The summed E-state index contributed by atoms with van der Waals surface area (Å²) in [6.07, 6.45) is 2.13. The van der Waals surface area contributed by atoms with E-state index in [0.29, 0.717) is 16.6 Å². The van der Waals surface area contributed by atoms with Crippen molar-refractivity contribution in [3.05, 3.63) is 23.2 Å². The topological polar surface area (TPSA) is 72.2 Å². The third kappa shape index (κ3) is 4.15. The highest BCUT2D eigenvalue weighted by molar-refractivity contribution is 7.89. The van der Waals surface area contributed by atoms with E-state index in [0.717, 1.165) is 19.4 Å². The fourth-order valence-corrected chi connectivity index (χ4v) is 2.37. The minimum atomic E-state index is -3.69. The first-order chi connectivity index (χ1) is 8.38. The third-order valence-corrected chi connectivity index (χ3v) is 4.24. The molecule has 102 valence electrons. The predicted molar refractivity (Wildman–Crippen MR) is 75.4 cm³/mol. The lowest BCUT2D eigenvalue weighted by Gasteiger charge is -2.15. The number of sulfonamides is 1. The SMILES string of the molecule is CCC(CC)CNc1cc(S(N)(=O)=O)ccc1Cl. The minimum Gasteiger partial charge on any atom is -0.384 e. The lowest BCUT2D eigenvalue weighted by Crippen LogP contribution is -2.15. The van der Waals surface area contributed by atoms with E-state index in [2.05, 4.69) is 19.2 Å². The van der Waals surface area contributed by atoms with Crippen molar-refractivity contribution in [2.45, 2.75) is 31.6 Å². The van der Waals surface area contributed by atoms with Crippen molar-refractivity contribution >= 4 is 27.3 Å². The number of halogens is 1. The van der Waals surface area contributed by atoms with Gasteiger partial charge in [-0.2, -0.15) is 0 Å². The third-order valence-electron chi connectivity index (χ3n) is 3.00. The molecule has 0 saturated heterocycles. The molecule has 0 unspecified atom stereocenters. The molecule has 0 spiro atoms. The molecule has 18 heavy (non-hydrogen) atoms. The Labute approximate surface area is 114 Å². The van der Waals surface area contributed by atoms with Gasteiger partial charge in [-0.3, -0.25) is 0 Å². The van der Waals surface area contributed by atoms with Gasteiger partial charge in [-0.15, -0.1) is 0 Å². The van der Waals surface area contributed by atoms with Crippen molar-refractivity contribution in [3.8, 4) is 0 Å². The van der Waals surface area contributed by atoms with Gasteiger partial charge in [-0.25, -0.2) is 13.6 Å². The normalized spacial score (nSPS) is 11.8. The molecule has 0 aliphatic heterocycles. The summed E-state index contributed by atoms with van der Waals surface area (Å²) in [4.78, 5) is 0.0685. The van der Waals surface area contributed by atoms with Crippen LogP contribution in [0.1, 0.15) is 26.7 Å². The predicted octanol–water partition coefficient (Wildman–Crippen LogP) is 2.84. The molecule has 0 heterocycles. The van der Waals surface area contributed by atoms with Crippen LogP contribution in [0, 0.1) is 5.92 Å². The number of anilines is 1. The maximum atomic E-state index is 11.3. The summed E-state index contributed by atoms with van der Waals surface area (Å²) in [5, 5.41) is 8.75. The van der Waals surface area contributed by atoms with Crippen LogP contribution < -0.4 is 10.5 Å². The van der Waals surface area contributed by atoms with E-state index in [-0.39, 0.29) is 4.90 Å². The molecule has 0 aliphatic rings. The first kappa shape index (κ1) is 15.3. The van der Waals surface area contributed by atoms with Crippen molar-refractivity contribution in [2.75, 3.05) is 11.9 Å². The van der Waals surface area contributed by atoms with Crippen LogP contribution in [-0.4, -0.2) is 15.0 Å². The standard InChI is InChI=1S/C12H19ClN2O2S/c1-3-9(4-2)8-15-12-7-10(18(14,16)17)5-6-11(12)13/h5-7,9,15H,3-4,8H2,1-2H3,(H2,14,16,17). The monoisotopic (exact) mass is 290 g/mol. The molecule has 0 aromatic heterocycles. The second-order valence-corrected chi connectivity index (χ2v) is 6.22. The second-order valence-electron chi connectivity index (χ2n) is 4.25. The highest BCUT2D eigenvalue weighted by Crippen LogP contribution is 2.25. The van der Waals surface area contributed by atoms with E-state index in [9.17, 15) is 8.42 Å². The van der Waals surface area contributed by atoms with Gasteiger partial charge in [-0.1, -0.05) is 38.3 Å². The van der Waals surface area contributed by atoms with Gasteiger partial charge >= 0.3 is 0 Å². The Hall–Kier alpha value is -0.780. The quantitative estimate of drug-likeness (QED) is 0.846. The van der Waals surface area contributed by atoms with Crippen LogP contribution in [0.3, 0.4) is 0 Å². The Bertz CT molecular complexity index is 499. The van der Waals surface area contributed by atoms with Crippen LogP contribution in [0.4, 0.5) is 5.69 Å². The highest BCUT2D eigenvalue weighted by Gasteiger charge is 2.11. The average molecular weight is 291 g/mol. The maximum absolute atomic E-state index is 11.3.